The highest BCUT2D eigenvalue weighted by Crippen LogP contribution is 2.44. The first kappa shape index (κ1) is 20.1. The molecule has 0 spiro atoms. The summed E-state index contributed by atoms with van der Waals surface area (Å²) in [7, 11) is 1.54. The molecular formula is C24H25NO5. The van der Waals surface area contributed by atoms with Crippen LogP contribution in [-0.2, 0) is 9.59 Å². The molecule has 2 fully saturated rings. The van der Waals surface area contributed by atoms with Gasteiger partial charge < -0.3 is 9.47 Å². The number of imide groups is 1. The Bertz CT molecular complexity index is 985. The summed E-state index contributed by atoms with van der Waals surface area (Å²) in [6, 6.07) is 13.7. The molecule has 0 N–H and O–H groups in total. The molecule has 1 saturated carbocycles. The van der Waals surface area contributed by atoms with E-state index in [1.165, 1.54) is 4.90 Å². The van der Waals surface area contributed by atoms with Crippen molar-refractivity contribution < 1.29 is 23.9 Å². The molecule has 3 atom stereocenters. The zero-order chi connectivity index (χ0) is 21.3. The lowest BCUT2D eigenvalue weighted by molar-refractivity contribution is -0.122. The van der Waals surface area contributed by atoms with E-state index < -0.39 is 0 Å². The largest absolute Gasteiger partial charge is 0.497 e. The van der Waals surface area contributed by atoms with Crippen LogP contribution in [0.3, 0.4) is 0 Å². The van der Waals surface area contributed by atoms with Crippen molar-refractivity contribution in [3.05, 3.63) is 54.1 Å². The molecule has 1 heterocycles. The van der Waals surface area contributed by atoms with E-state index in [2.05, 4.69) is 6.92 Å². The minimum atomic E-state index is -0.257. The molecule has 156 valence electrons. The van der Waals surface area contributed by atoms with Crippen molar-refractivity contribution in [2.24, 2.45) is 17.8 Å². The number of ketones is 1. The number of carbonyl (C=O) groups is 3. The first-order valence-electron chi connectivity index (χ1n) is 10.3. The van der Waals surface area contributed by atoms with Gasteiger partial charge >= 0.3 is 0 Å². The van der Waals surface area contributed by atoms with E-state index in [-0.39, 0.29) is 36.0 Å². The molecular weight excluding hydrogens is 382 g/mol. The Morgan fingerprint density at radius 1 is 1.03 bits per heavy atom. The zero-order valence-electron chi connectivity index (χ0n) is 17.2. The highest BCUT2D eigenvalue weighted by Gasteiger charge is 2.50. The second kappa shape index (κ2) is 8.30. The fourth-order valence-electron chi connectivity index (χ4n) is 4.41. The topological polar surface area (TPSA) is 72.9 Å². The fourth-order valence-corrected chi connectivity index (χ4v) is 4.41. The first-order chi connectivity index (χ1) is 14.5. The van der Waals surface area contributed by atoms with Gasteiger partial charge in [0.15, 0.2) is 12.4 Å². The zero-order valence-corrected chi connectivity index (χ0v) is 17.2. The molecule has 30 heavy (non-hydrogen) atoms. The maximum absolute atomic E-state index is 13.0. The van der Waals surface area contributed by atoms with Crippen molar-refractivity contribution in [3.63, 3.8) is 0 Å². The van der Waals surface area contributed by atoms with Crippen LogP contribution in [0, 0.1) is 17.8 Å². The second-order valence-electron chi connectivity index (χ2n) is 8.05. The Kier molecular flexibility index (Phi) is 5.57. The maximum Gasteiger partial charge on any atom is 0.237 e. The van der Waals surface area contributed by atoms with Gasteiger partial charge in [0.2, 0.25) is 11.8 Å². The quantitative estimate of drug-likeness (QED) is 0.537. The highest BCUT2D eigenvalue weighted by atomic mass is 16.5. The number of para-hydroxylation sites is 2. The van der Waals surface area contributed by atoms with Crippen LogP contribution in [0.2, 0.25) is 0 Å². The van der Waals surface area contributed by atoms with Crippen LogP contribution < -0.4 is 14.4 Å². The third kappa shape index (κ3) is 3.70. The van der Waals surface area contributed by atoms with Crippen molar-refractivity contribution in [1.29, 1.82) is 0 Å². The lowest BCUT2D eigenvalue weighted by Crippen LogP contribution is -2.31. The average molecular weight is 407 g/mol. The van der Waals surface area contributed by atoms with E-state index in [1.807, 2.05) is 0 Å². The Morgan fingerprint density at radius 2 is 1.80 bits per heavy atom. The predicted molar refractivity (Wildman–Crippen MR) is 112 cm³/mol. The van der Waals surface area contributed by atoms with Gasteiger partial charge in [0.05, 0.1) is 24.6 Å². The van der Waals surface area contributed by atoms with Gasteiger partial charge in [-0.1, -0.05) is 31.2 Å². The SMILES string of the molecule is COc1cccc(C(=O)COc2ccccc2N2C(=O)[C@@H]3CC[C@H](C)C[C@H]3C2=O)c1. The lowest BCUT2D eigenvalue weighted by atomic mass is 9.76. The molecule has 0 radical (unpaired) electrons. The lowest BCUT2D eigenvalue weighted by Gasteiger charge is -2.25. The van der Waals surface area contributed by atoms with Crippen LogP contribution in [0.15, 0.2) is 48.5 Å². The summed E-state index contributed by atoms with van der Waals surface area (Å²) in [4.78, 5) is 39.9. The molecule has 2 aromatic rings. The highest BCUT2D eigenvalue weighted by molar-refractivity contribution is 6.22. The van der Waals surface area contributed by atoms with Gasteiger partial charge in [0.1, 0.15) is 11.5 Å². The van der Waals surface area contributed by atoms with Gasteiger partial charge in [-0.15, -0.1) is 0 Å². The van der Waals surface area contributed by atoms with Crippen molar-refractivity contribution in [1.82, 2.24) is 0 Å². The minimum Gasteiger partial charge on any atom is -0.497 e. The number of hydrogen-bond donors (Lipinski definition) is 0. The molecule has 0 aromatic heterocycles. The summed E-state index contributed by atoms with van der Waals surface area (Å²) >= 11 is 0. The van der Waals surface area contributed by atoms with E-state index >= 15 is 0 Å². The van der Waals surface area contributed by atoms with Gasteiger partial charge in [-0.25, -0.2) is 4.90 Å². The molecule has 6 heteroatoms. The van der Waals surface area contributed by atoms with E-state index in [0.717, 1.165) is 19.3 Å². The number of fused-ring (bicyclic) bond motifs is 1. The third-order valence-electron chi connectivity index (χ3n) is 6.04. The molecule has 1 saturated heterocycles. The summed E-state index contributed by atoms with van der Waals surface area (Å²) < 4.78 is 10.9. The van der Waals surface area contributed by atoms with Crippen LogP contribution >= 0.6 is 0 Å². The summed E-state index contributed by atoms with van der Waals surface area (Å²) in [5.41, 5.74) is 0.883. The van der Waals surface area contributed by atoms with Crippen LogP contribution in [0.5, 0.6) is 11.5 Å². The molecule has 2 aliphatic rings. The fraction of sp³-hybridized carbons (Fsp3) is 0.375. The Balaban J connectivity index is 1.54. The van der Waals surface area contributed by atoms with Gasteiger partial charge in [-0.3, -0.25) is 14.4 Å². The van der Waals surface area contributed by atoms with Gasteiger partial charge in [-0.05, 0) is 49.4 Å². The van der Waals surface area contributed by atoms with E-state index in [4.69, 9.17) is 9.47 Å². The standard InChI is InChI=1S/C24H25NO5/c1-15-10-11-18-19(12-15)24(28)25(23(18)27)20-8-3-4-9-22(20)30-14-21(26)16-6-5-7-17(13-16)29-2/h3-9,13,15,18-19H,10-12,14H2,1-2H3/t15-,18+,19+/m0/s1. The number of rotatable bonds is 6. The monoisotopic (exact) mass is 407 g/mol. The van der Waals surface area contributed by atoms with Crippen molar-refractivity contribution in [2.45, 2.75) is 26.2 Å². The van der Waals surface area contributed by atoms with Crippen molar-refractivity contribution >= 4 is 23.3 Å². The first-order valence-corrected chi connectivity index (χ1v) is 10.3. The smallest absolute Gasteiger partial charge is 0.237 e. The molecule has 2 amide bonds. The number of anilines is 1. The van der Waals surface area contributed by atoms with E-state index in [0.29, 0.717) is 28.7 Å². The number of ether oxygens (including phenoxy) is 2. The minimum absolute atomic E-state index is 0.160. The Hall–Kier alpha value is -3.15. The second-order valence-corrected chi connectivity index (χ2v) is 8.05. The summed E-state index contributed by atoms with van der Waals surface area (Å²) in [6.07, 6.45) is 2.44. The van der Waals surface area contributed by atoms with Crippen LogP contribution in [0.25, 0.3) is 0 Å². The van der Waals surface area contributed by atoms with E-state index in [1.54, 1.807) is 55.6 Å². The molecule has 1 aliphatic carbocycles. The van der Waals surface area contributed by atoms with Gasteiger partial charge in [0, 0.05) is 5.56 Å². The van der Waals surface area contributed by atoms with Crippen LogP contribution in [0.1, 0.15) is 36.5 Å². The predicted octanol–water partition coefficient (Wildman–Crippen LogP) is 3.88. The number of carbonyl (C=O) groups excluding carboxylic acids is 3. The van der Waals surface area contributed by atoms with Crippen LogP contribution in [0.4, 0.5) is 5.69 Å². The van der Waals surface area contributed by atoms with Crippen molar-refractivity contribution in [3.8, 4) is 11.5 Å². The number of amides is 2. The molecule has 0 bridgehead atoms. The summed E-state index contributed by atoms with van der Waals surface area (Å²) in [6.45, 7) is 1.92. The van der Waals surface area contributed by atoms with Gasteiger partial charge in [0.25, 0.3) is 0 Å². The number of benzene rings is 2. The molecule has 6 nitrogen and oxygen atoms in total. The van der Waals surface area contributed by atoms with Crippen molar-refractivity contribution in [2.75, 3.05) is 18.6 Å². The molecule has 4 rings (SSSR count). The van der Waals surface area contributed by atoms with Crippen LogP contribution in [-0.4, -0.2) is 31.3 Å². The Labute approximate surface area is 175 Å². The number of Topliss-reactive ketones (excluding diaryl/α,β-unsaturated/α-hetero) is 1. The normalized spacial score (nSPS) is 23.3. The number of methoxy groups -OCH3 is 1. The molecule has 0 unspecified atom stereocenters. The molecule has 1 aliphatic heterocycles. The molecule has 2 aromatic carbocycles. The van der Waals surface area contributed by atoms with E-state index in [9.17, 15) is 14.4 Å². The number of nitrogens with zero attached hydrogens (tertiary/aromatic N) is 1. The maximum atomic E-state index is 13.0. The number of hydrogen-bond acceptors (Lipinski definition) is 5. The van der Waals surface area contributed by atoms with Gasteiger partial charge in [-0.2, -0.15) is 0 Å². The Morgan fingerprint density at radius 3 is 2.60 bits per heavy atom. The third-order valence-corrected chi connectivity index (χ3v) is 6.04. The summed E-state index contributed by atoms with van der Waals surface area (Å²) in [5.74, 6) is 0.334. The summed E-state index contributed by atoms with van der Waals surface area (Å²) in [5, 5.41) is 0. The average Bonchev–Trinajstić information content (AvgIpc) is 3.01.